The molecule has 1 heterocycles. The minimum Gasteiger partial charge on any atom is -0.508 e. The van der Waals surface area contributed by atoms with E-state index < -0.39 is 28.5 Å². The van der Waals surface area contributed by atoms with E-state index in [1.165, 1.54) is 30.3 Å². The Hall–Kier alpha value is -1.90. The number of hydrogen-bond donors (Lipinski definition) is 2. The van der Waals surface area contributed by atoms with E-state index in [0.29, 0.717) is 16.6 Å². The average Bonchev–Trinajstić information content (AvgIpc) is 2.79. The molecule has 2 aromatic rings. The van der Waals surface area contributed by atoms with Crippen molar-refractivity contribution in [3.63, 3.8) is 0 Å². The maximum atomic E-state index is 14.1. The second kappa shape index (κ2) is 5.63. The van der Waals surface area contributed by atoms with Crippen LogP contribution in [0.4, 0.5) is 4.39 Å². The highest BCUT2D eigenvalue weighted by Crippen LogP contribution is 2.25. The number of hydrogen-bond acceptors (Lipinski definition) is 5. The first-order valence-corrected chi connectivity index (χ1v) is 8.56. The first-order chi connectivity index (χ1) is 10.8. The van der Waals surface area contributed by atoms with Crippen molar-refractivity contribution < 1.29 is 27.6 Å². The number of phenolic OH excluding ortho intramolecular Hbond substituents is 1. The number of aryl methyl sites for hydroxylation is 1. The fraction of sp³-hybridized carbons (Fsp3) is 0.200. The maximum Gasteiger partial charge on any atom is 0.491 e. The third kappa shape index (κ3) is 2.97. The van der Waals surface area contributed by atoms with E-state index in [1.54, 1.807) is 6.92 Å². The van der Waals surface area contributed by atoms with E-state index in [4.69, 9.17) is 4.65 Å². The second-order valence-electron chi connectivity index (χ2n) is 5.51. The van der Waals surface area contributed by atoms with Gasteiger partial charge >= 0.3 is 7.12 Å². The van der Waals surface area contributed by atoms with Gasteiger partial charge in [0.05, 0.1) is 17.3 Å². The van der Waals surface area contributed by atoms with Gasteiger partial charge in [0.1, 0.15) is 11.6 Å². The van der Waals surface area contributed by atoms with Crippen molar-refractivity contribution in [2.75, 3.05) is 0 Å². The molecule has 3 rings (SSSR count). The van der Waals surface area contributed by atoms with Crippen LogP contribution in [0.5, 0.6) is 5.75 Å². The zero-order chi connectivity index (χ0) is 16.8. The van der Waals surface area contributed by atoms with Crippen LogP contribution in [0.25, 0.3) is 0 Å². The van der Waals surface area contributed by atoms with Gasteiger partial charge in [0, 0.05) is 5.56 Å². The summed E-state index contributed by atoms with van der Waals surface area (Å²) in [4.78, 5) is 0.0343. The summed E-state index contributed by atoms with van der Waals surface area (Å²) in [5.41, 5.74) is 1.26. The molecular formula is C15H14BFO5S. The quantitative estimate of drug-likeness (QED) is 0.818. The molecule has 0 saturated carbocycles. The van der Waals surface area contributed by atoms with Crippen LogP contribution >= 0.6 is 0 Å². The van der Waals surface area contributed by atoms with E-state index >= 15 is 0 Å². The van der Waals surface area contributed by atoms with Crippen LogP contribution in [-0.4, -0.2) is 25.7 Å². The fourth-order valence-electron chi connectivity index (χ4n) is 2.67. The molecule has 0 spiro atoms. The first-order valence-electron chi connectivity index (χ1n) is 6.91. The van der Waals surface area contributed by atoms with Gasteiger partial charge in [-0.25, -0.2) is 12.8 Å². The minimum absolute atomic E-state index is 0.0271. The fourth-order valence-corrected chi connectivity index (χ4v) is 4.28. The minimum atomic E-state index is -3.79. The highest BCUT2D eigenvalue weighted by molar-refractivity contribution is 7.90. The molecule has 23 heavy (non-hydrogen) atoms. The number of fused-ring (bicyclic) bond motifs is 1. The second-order valence-corrected chi connectivity index (χ2v) is 7.47. The van der Waals surface area contributed by atoms with Crippen LogP contribution < -0.4 is 5.46 Å². The van der Waals surface area contributed by atoms with Crippen LogP contribution in [0.2, 0.25) is 0 Å². The van der Waals surface area contributed by atoms with Crippen LogP contribution in [0.1, 0.15) is 16.7 Å². The van der Waals surface area contributed by atoms with E-state index in [1.807, 2.05) is 0 Å². The molecule has 0 aromatic heterocycles. The summed E-state index contributed by atoms with van der Waals surface area (Å²) in [5, 5.41) is 19.0. The van der Waals surface area contributed by atoms with Gasteiger partial charge in [-0.15, -0.1) is 0 Å². The topological polar surface area (TPSA) is 83.8 Å². The Labute approximate surface area is 133 Å². The van der Waals surface area contributed by atoms with Gasteiger partial charge < -0.3 is 14.8 Å². The van der Waals surface area contributed by atoms with Crippen molar-refractivity contribution in [1.82, 2.24) is 0 Å². The Balaban J connectivity index is 2.00. The molecule has 0 saturated heterocycles. The van der Waals surface area contributed by atoms with Crippen molar-refractivity contribution in [3.8, 4) is 5.75 Å². The van der Waals surface area contributed by atoms with E-state index in [-0.39, 0.29) is 22.8 Å². The molecule has 8 heteroatoms. The lowest BCUT2D eigenvalue weighted by atomic mass is 9.79. The molecule has 0 radical (unpaired) electrons. The number of rotatable bonds is 3. The van der Waals surface area contributed by atoms with Crippen LogP contribution in [0.3, 0.4) is 0 Å². The zero-order valence-corrected chi connectivity index (χ0v) is 13.1. The lowest BCUT2D eigenvalue weighted by molar-refractivity contribution is 0.275. The molecule has 120 valence electrons. The summed E-state index contributed by atoms with van der Waals surface area (Å²) in [5.74, 6) is -1.23. The number of aromatic hydroxyl groups is 1. The molecule has 0 amide bonds. The molecular weight excluding hydrogens is 322 g/mol. The zero-order valence-electron chi connectivity index (χ0n) is 12.3. The third-order valence-corrected chi connectivity index (χ3v) is 5.63. The normalized spacial score (nSPS) is 14.1. The van der Waals surface area contributed by atoms with Crippen molar-refractivity contribution in [2.24, 2.45) is 0 Å². The Bertz CT molecular complexity index is 882. The van der Waals surface area contributed by atoms with Crippen LogP contribution in [-0.2, 0) is 26.9 Å². The van der Waals surface area contributed by atoms with Crippen molar-refractivity contribution in [2.45, 2.75) is 24.2 Å². The largest absolute Gasteiger partial charge is 0.508 e. The smallest absolute Gasteiger partial charge is 0.491 e. The monoisotopic (exact) mass is 336 g/mol. The van der Waals surface area contributed by atoms with Crippen LogP contribution in [0.15, 0.2) is 35.2 Å². The van der Waals surface area contributed by atoms with E-state index in [0.717, 1.165) is 0 Å². The summed E-state index contributed by atoms with van der Waals surface area (Å²) in [6.45, 7) is 1.65. The predicted octanol–water partition coefficient (Wildman–Crippen LogP) is 1.03. The number of phenols is 1. The average molecular weight is 336 g/mol. The molecule has 0 fully saturated rings. The summed E-state index contributed by atoms with van der Waals surface area (Å²) < 4.78 is 44.2. The van der Waals surface area contributed by atoms with Gasteiger partial charge in [-0.3, -0.25) is 0 Å². The standard InChI is InChI=1S/C15H14BFO5S/c1-9-4-12(18)2-3-15(9)23(20,21)8-11-5-13-10(6-14(11)17)7-22-16(13)19/h2-6,18-19H,7-8H2,1H3. The predicted molar refractivity (Wildman–Crippen MR) is 82.5 cm³/mol. The molecule has 1 aliphatic rings. The molecule has 1 aliphatic heterocycles. The van der Waals surface area contributed by atoms with Gasteiger partial charge in [0.2, 0.25) is 0 Å². The molecule has 5 nitrogen and oxygen atoms in total. The van der Waals surface area contributed by atoms with Crippen molar-refractivity contribution in [1.29, 1.82) is 0 Å². The lowest BCUT2D eigenvalue weighted by Crippen LogP contribution is -2.29. The van der Waals surface area contributed by atoms with E-state index in [2.05, 4.69) is 0 Å². The van der Waals surface area contributed by atoms with Gasteiger partial charge in [0.25, 0.3) is 0 Å². The molecule has 0 bridgehead atoms. The summed E-state index contributed by atoms with van der Waals surface area (Å²) in [6.07, 6.45) is 0. The molecule has 2 N–H and O–H groups in total. The highest BCUT2D eigenvalue weighted by Gasteiger charge is 2.30. The molecule has 0 aliphatic carbocycles. The van der Waals surface area contributed by atoms with Gasteiger partial charge in [-0.05, 0) is 47.8 Å². The van der Waals surface area contributed by atoms with Gasteiger partial charge in [-0.2, -0.15) is 0 Å². The first kappa shape index (κ1) is 16.0. The van der Waals surface area contributed by atoms with Gasteiger partial charge in [0.15, 0.2) is 9.84 Å². The number of sulfone groups is 1. The SMILES string of the molecule is Cc1cc(O)ccc1S(=O)(=O)Cc1cc2c(cc1F)COB2O. The third-order valence-electron chi connectivity index (χ3n) is 3.81. The Kier molecular flexibility index (Phi) is 3.91. The Morgan fingerprint density at radius 3 is 2.74 bits per heavy atom. The number of benzene rings is 2. The maximum absolute atomic E-state index is 14.1. The Morgan fingerprint density at radius 2 is 2.04 bits per heavy atom. The molecule has 0 unspecified atom stereocenters. The molecule has 0 atom stereocenters. The summed E-state index contributed by atoms with van der Waals surface area (Å²) in [7, 11) is -4.96. The van der Waals surface area contributed by atoms with Gasteiger partial charge in [-0.1, -0.05) is 6.07 Å². The molecule has 2 aromatic carbocycles. The van der Waals surface area contributed by atoms with Crippen molar-refractivity contribution in [3.05, 3.63) is 52.8 Å². The van der Waals surface area contributed by atoms with Crippen LogP contribution in [0, 0.1) is 12.7 Å². The highest BCUT2D eigenvalue weighted by atomic mass is 32.2. The lowest BCUT2D eigenvalue weighted by Gasteiger charge is -2.10. The number of halogens is 1. The summed E-state index contributed by atoms with van der Waals surface area (Å²) in [6, 6.07) is 6.43. The Morgan fingerprint density at radius 1 is 1.30 bits per heavy atom. The summed E-state index contributed by atoms with van der Waals surface area (Å²) >= 11 is 0. The van der Waals surface area contributed by atoms with Crippen molar-refractivity contribution >= 4 is 22.4 Å². The van der Waals surface area contributed by atoms with E-state index in [9.17, 15) is 22.9 Å².